The third-order valence-electron chi connectivity index (χ3n) is 1.92. The molecule has 0 saturated heterocycles. The molecule has 0 saturated carbocycles. The topological polar surface area (TPSA) is 0 Å². The molecular formula is C12H9Se. The third-order valence-corrected chi connectivity index (χ3v) is 2.54. The Morgan fingerprint density at radius 2 is 1.31 bits per heavy atom. The van der Waals surface area contributed by atoms with E-state index in [2.05, 4.69) is 58.5 Å². The summed E-state index contributed by atoms with van der Waals surface area (Å²) < 4.78 is 1.23. The van der Waals surface area contributed by atoms with Crippen LogP contribution in [-0.4, -0.2) is 16.0 Å². The maximum absolute atomic E-state index is 3.01. The quantitative estimate of drug-likeness (QED) is 0.656. The van der Waals surface area contributed by atoms with Crippen LogP contribution in [-0.2, 0) is 0 Å². The Bertz CT molecular complexity index is 376. The van der Waals surface area contributed by atoms with Crippen molar-refractivity contribution in [1.82, 2.24) is 0 Å². The van der Waals surface area contributed by atoms with Crippen LogP contribution in [0.25, 0.3) is 11.1 Å². The van der Waals surface area contributed by atoms with Crippen LogP contribution in [0.5, 0.6) is 0 Å². The van der Waals surface area contributed by atoms with Gasteiger partial charge in [0.1, 0.15) is 0 Å². The van der Waals surface area contributed by atoms with E-state index in [4.69, 9.17) is 0 Å². The molecule has 0 unspecified atom stereocenters. The van der Waals surface area contributed by atoms with E-state index in [9.17, 15) is 0 Å². The number of benzene rings is 2. The molecule has 0 aliphatic rings. The summed E-state index contributed by atoms with van der Waals surface area (Å²) in [7, 11) is 0. The summed E-state index contributed by atoms with van der Waals surface area (Å²) in [4.78, 5) is 0. The Labute approximate surface area is 86.4 Å². The van der Waals surface area contributed by atoms with Crippen molar-refractivity contribution in [2.45, 2.75) is 0 Å². The van der Waals surface area contributed by atoms with Crippen LogP contribution in [0.1, 0.15) is 0 Å². The summed E-state index contributed by atoms with van der Waals surface area (Å²) in [5.74, 6) is 0. The normalized spacial score (nSPS) is 9.92. The van der Waals surface area contributed by atoms with Gasteiger partial charge in [0.25, 0.3) is 0 Å². The van der Waals surface area contributed by atoms with Gasteiger partial charge in [0.2, 0.25) is 0 Å². The van der Waals surface area contributed by atoms with Crippen LogP contribution in [0.2, 0.25) is 0 Å². The van der Waals surface area contributed by atoms with Gasteiger partial charge in [-0.05, 0) is 0 Å². The first-order chi connectivity index (χ1) is 6.36. The number of hydrogen-bond donors (Lipinski definition) is 0. The Hall–Kier alpha value is -1.04. The van der Waals surface area contributed by atoms with Gasteiger partial charge in [-0.15, -0.1) is 0 Å². The fourth-order valence-electron chi connectivity index (χ4n) is 1.23. The molecule has 0 bridgehead atoms. The van der Waals surface area contributed by atoms with Crippen molar-refractivity contribution < 1.29 is 0 Å². The van der Waals surface area contributed by atoms with Crippen molar-refractivity contribution in [1.29, 1.82) is 0 Å². The van der Waals surface area contributed by atoms with E-state index in [1.165, 1.54) is 15.6 Å². The van der Waals surface area contributed by atoms with Crippen molar-refractivity contribution in [2.75, 3.05) is 0 Å². The Morgan fingerprint density at radius 1 is 0.769 bits per heavy atom. The first-order valence-corrected chi connectivity index (χ1v) is 5.05. The Morgan fingerprint density at radius 3 is 1.92 bits per heavy atom. The van der Waals surface area contributed by atoms with Gasteiger partial charge >= 0.3 is 86.2 Å². The van der Waals surface area contributed by atoms with Crippen molar-refractivity contribution in [3.05, 3.63) is 54.6 Å². The molecule has 0 nitrogen and oxygen atoms in total. The molecule has 1 radical (unpaired) electrons. The maximum atomic E-state index is 3.01. The van der Waals surface area contributed by atoms with Gasteiger partial charge < -0.3 is 0 Å². The molecule has 63 valence electrons. The average molecular weight is 232 g/mol. The summed E-state index contributed by atoms with van der Waals surface area (Å²) in [6.07, 6.45) is 0. The van der Waals surface area contributed by atoms with Crippen molar-refractivity contribution >= 4 is 20.5 Å². The predicted molar refractivity (Wildman–Crippen MR) is 57.5 cm³/mol. The molecule has 0 aliphatic carbocycles. The van der Waals surface area contributed by atoms with Crippen molar-refractivity contribution in [3.63, 3.8) is 0 Å². The zero-order valence-electron chi connectivity index (χ0n) is 7.07. The van der Waals surface area contributed by atoms with Gasteiger partial charge in [0, 0.05) is 0 Å². The zero-order chi connectivity index (χ0) is 9.10. The molecule has 2 rings (SSSR count). The van der Waals surface area contributed by atoms with Gasteiger partial charge in [-0.3, -0.25) is 0 Å². The Balaban J connectivity index is 2.42. The standard InChI is InChI=1S/C12H9Se/c13-12-8-6-11(7-9-12)10-4-2-1-3-5-10/h2-9,13H. The van der Waals surface area contributed by atoms with Crippen LogP contribution >= 0.6 is 0 Å². The molecule has 0 spiro atoms. The molecule has 0 atom stereocenters. The summed E-state index contributed by atoms with van der Waals surface area (Å²) in [6.45, 7) is 0. The summed E-state index contributed by atoms with van der Waals surface area (Å²) >= 11 is 2.54. The molecule has 0 aromatic heterocycles. The van der Waals surface area contributed by atoms with Gasteiger partial charge in [-0.25, -0.2) is 0 Å². The fraction of sp³-hybridized carbons (Fsp3) is 0. The molecule has 0 aliphatic heterocycles. The van der Waals surface area contributed by atoms with E-state index >= 15 is 0 Å². The average Bonchev–Trinajstić information content (AvgIpc) is 2.20. The summed E-state index contributed by atoms with van der Waals surface area (Å²) in [6, 6.07) is 19.5. The molecule has 2 aromatic carbocycles. The van der Waals surface area contributed by atoms with Crippen molar-refractivity contribution in [2.24, 2.45) is 0 Å². The van der Waals surface area contributed by atoms with Crippen molar-refractivity contribution in [3.8, 4) is 11.1 Å². The second-order valence-electron chi connectivity index (χ2n) is 2.84. The van der Waals surface area contributed by atoms with E-state index in [1.54, 1.807) is 0 Å². The van der Waals surface area contributed by atoms with E-state index in [-0.39, 0.29) is 0 Å². The molecule has 0 amide bonds. The van der Waals surface area contributed by atoms with Gasteiger partial charge in [-0.2, -0.15) is 0 Å². The van der Waals surface area contributed by atoms with Gasteiger partial charge in [0.05, 0.1) is 0 Å². The monoisotopic (exact) mass is 233 g/mol. The molecule has 2 aromatic rings. The SMILES string of the molecule is [SeH]c1ccc(-c2cc[c]cc2)cc1. The van der Waals surface area contributed by atoms with Gasteiger partial charge in [0.15, 0.2) is 0 Å². The Kier molecular flexibility index (Phi) is 2.49. The molecular weight excluding hydrogens is 223 g/mol. The summed E-state index contributed by atoms with van der Waals surface area (Å²) in [5, 5.41) is 0. The van der Waals surface area contributed by atoms with Crippen LogP contribution in [0, 0.1) is 6.07 Å². The first kappa shape index (κ1) is 8.55. The molecule has 0 fully saturated rings. The molecule has 0 heterocycles. The predicted octanol–water partition coefficient (Wildman–Crippen LogP) is 1.68. The minimum atomic E-state index is 1.23. The summed E-state index contributed by atoms with van der Waals surface area (Å²) in [5.41, 5.74) is 2.50. The fourth-order valence-corrected chi connectivity index (χ4v) is 1.55. The number of rotatable bonds is 1. The van der Waals surface area contributed by atoms with E-state index in [1.807, 2.05) is 12.1 Å². The van der Waals surface area contributed by atoms with E-state index < -0.39 is 0 Å². The van der Waals surface area contributed by atoms with Gasteiger partial charge in [-0.1, -0.05) is 0 Å². The second-order valence-corrected chi connectivity index (χ2v) is 3.92. The van der Waals surface area contributed by atoms with Crippen LogP contribution in [0.3, 0.4) is 0 Å². The van der Waals surface area contributed by atoms with Crippen LogP contribution < -0.4 is 4.46 Å². The van der Waals surface area contributed by atoms with E-state index in [0.717, 1.165) is 0 Å². The third kappa shape index (κ3) is 2.00. The second kappa shape index (κ2) is 3.78. The molecule has 1 heteroatoms. The molecule has 13 heavy (non-hydrogen) atoms. The minimum absolute atomic E-state index is 1.23. The zero-order valence-corrected chi connectivity index (χ0v) is 8.94. The van der Waals surface area contributed by atoms with E-state index in [0.29, 0.717) is 0 Å². The first-order valence-electron chi connectivity index (χ1n) is 4.12. The van der Waals surface area contributed by atoms with Crippen LogP contribution in [0.15, 0.2) is 48.5 Å². The number of hydrogen-bond acceptors (Lipinski definition) is 0. The van der Waals surface area contributed by atoms with Crippen LogP contribution in [0.4, 0.5) is 0 Å². The molecule has 0 N–H and O–H groups in total.